The summed E-state index contributed by atoms with van der Waals surface area (Å²) >= 11 is 3.03. The van der Waals surface area contributed by atoms with Gasteiger partial charge < -0.3 is 5.32 Å². The molecule has 1 saturated carbocycles. The van der Waals surface area contributed by atoms with Crippen molar-refractivity contribution in [3.05, 3.63) is 45.9 Å². The Hall–Kier alpha value is -2.12. The van der Waals surface area contributed by atoms with Gasteiger partial charge in [0.2, 0.25) is 11.0 Å². The lowest BCUT2D eigenvalue weighted by atomic mass is 10.2. The third-order valence-electron chi connectivity index (χ3n) is 3.81. The van der Waals surface area contributed by atoms with Crippen LogP contribution in [0.5, 0.6) is 0 Å². The van der Waals surface area contributed by atoms with Gasteiger partial charge in [0.15, 0.2) is 0 Å². The van der Waals surface area contributed by atoms with E-state index in [1.165, 1.54) is 29.7 Å². The normalized spacial score (nSPS) is 13.9. The number of nitrogens with one attached hydrogen (secondary N) is 1. The smallest absolute Gasteiger partial charge is 0.232 e. The van der Waals surface area contributed by atoms with Crippen molar-refractivity contribution in [1.29, 1.82) is 0 Å². The van der Waals surface area contributed by atoms with Crippen molar-refractivity contribution in [3.63, 3.8) is 0 Å². The highest BCUT2D eigenvalue weighted by atomic mass is 32.1. The molecule has 7 heteroatoms. The summed E-state index contributed by atoms with van der Waals surface area (Å²) in [5, 5.41) is 15.5. The fraction of sp³-hybridized carbons (Fsp3) is 0.294. The molecule has 4 rings (SSSR count). The molecule has 0 saturated heterocycles. The molecule has 122 valence electrons. The highest BCUT2D eigenvalue weighted by molar-refractivity contribution is 7.15. The average molecular weight is 356 g/mol. The standard InChI is InChI=1S/C17H16N4OS2/c1-10-2-4-11(5-3-10)15-18-13(9-23-15)8-14(22)19-17-21-20-16(24-17)12-6-7-12/h2-5,9,12H,6-8H2,1H3,(H,19,21,22). The Morgan fingerprint density at radius 1 is 1.25 bits per heavy atom. The SMILES string of the molecule is Cc1ccc(-c2nc(CC(=O)Nc3nnc(C4CC4)s3)cs2)cc1. The Kier molecular flexibility index (Phi) is 4.12. The van der Waals surface area contributed by atoms with E-state index in [0.717, 1.165) is 21.3 Å². The molecule has 0 bridgehead atoms. The van der Waals surface area contributed by atoms with Gasteiger partial charge in [0.25, 0.3) is 0 Å². The number of aromatic nitrogens is 3. The molecular weight excluding hydrogens is 340 g/mol. The first-order valence-corrected chi connectivity index (χ1v) is 9.52. The predicted molar refractivity (Wildman–Crippen MR) is 96.5 cm³/mol. The molecule has 3 aromatic rings. The zero-order valence-electron chi connectivity index (χ0n) is 13.2. The van der Waals surface area contributed by atoms with Crippen molar-refractivity contribution in [1.82, 2.24) is 15.2 Å². The molecule has 1 aliphatic rings. The van der Waals surface area contributed by atoms with Crippen LogP contribution in [0.15, 0.2) is 29.6 Å². The van der Waals surface area contributed by atoms with E-state index in [9.17, 15) is 4.79 Å². The number of hydrogen-bond donors (Lipinski definition) is 1. The van der Waals surface area contributed by atoms with Crippen LogP contribution in [0.1, 0.15) is 35.0 Å². The molecule has 2 heterocycles. The summed E-state index contributed by atoms with van der Waals surface area (Å²) in [6.07, 6.45) is 2.62. The van der Waals surface area contributed by atoms with Crippen molar-refractivity contribution in [2.45, 2.75) is 32.1 Å². The molecular formula is C17H16N4OS2. The van der Waals surface area contributed by atoms with Gasteiger partial charge in [-0.2, -0.15) is 0 Å². The number of carbonyl (C=O) groups excluding carboxylic acids is 1. The Morgan fingerprint density at radius 2 is 2.04 bits per heavy atom. The zero-order valence-corrected chi connectivity index (χ0v) is 14.8. The second-order valence-corrected chi connectivity index (χ2v) is 7.82. The van der Waals surface area contributed by atoms with Crippen molar-refractivity contribution >= 4 is 33.7 Å². The van der Waals surface area contributed by atoms with Gasteiger partial charge in [0.05, 0.1) is 12.1 Å². The Balaban J connectivity index is 1.39. The predicted octanol–water partition coefficient (Wildman–Crippen LogP) is 4.03. The molecule has 0 aliphatic heterocycles. The van der Waals surface area contributed by atoms with Gasteiger partial charge >= 0.3 is 0 Å². The molecule has 0 radical (unpaired) electrons. The maximum Gasteiger partial charge on any atom is 0.232 e. The van der Waals surface area contributed by atoms with Crippen LogP contribution in [-0.4, -0.2) is 21.1 Å². The lowest BCUT2D eigenvalue weighted by Gasteiger charge is -1.99. The average Bonchev–Trinajstić information content (AvgIpc) is 3.14. The van der Waals surface area contributed by atoms with E-state index < -0.39 is 0 Å². The monoisotopic (exact) mass is 356 g/mol. The summed E-state index contributed by atoms with van der Waals surface area (Å²) < 4.78 is 0. The third kappa shape index (κ3) is 3.52. The van der Waals surface area contributed by atoms with Gasteiger partial charge in [-0.15, -0.1) is 21.5 Å². The highest BCUT2D eigenvalue weighted by Crippen LogP contribution is 2.42. The number of aryl methyl sites for hydroxylation is 1. The topological polar surface area (TPSA) is 67.8 Å². The quantitative estimate of drug-likeness (QED) is 0.749. The number of benzene rings is 1. The third-order valence-corrected chi connectivity index (χ3v) is 5.75. The molecule has 1 fully saturated rings. The molecule has 0 atom stereocenters. The van der Waals surface area contributed by atoms with E-state index in [-0.39, 0.29) is 12.3 Å². The van der Waals surface area contributed by atoms with Gasteiger partial charge in [0, 0.05) is 16.9 Å². The number of carbonyl (C=O) groups is 1. The number of thiazole rings is 1. The zero-order chi connectivity index (χ0) is 16.5. The Labute approximate surface area is 147 Å². The largest absolute Gasteiger partial charge is 0.300 e. The second kappa shape index (κ2) is 6.41. The molecule has 2 aromatic heterocycles. The second-order valence-electron chi connectivity index (χ2n) is 5.95. The first kappa shape index (κ1) is 15.4. The van der Waals surface area contributed by atoms with Crippen molar-refractivity contribution < 1.29 is 4.79 Å². The summed E-state index contributed by atoms with van der Waals surface area (Å²) in [5.41, 5.74) is 3.08. The van der Waals surface area contributed by atoms with Crippen molar-refractivity contribution in [2.24, 2.45) is 0 Å². The van der Waals surface area contributed by atoms with Gasteiger partial charge in [-0.3, -0.25) is 4.79 Å². The first-order valence-electron chi connectivity index (χ1n) is 7.82. The number of amides is 1. The van der Waals surface area contributed by atoms with Crippen LogP contribution >= 0.6 is 22.7 Å². The summed E-state index contributed by atoms with van der Waals surface area (Å²) in [6, 6.07) is 8.24. The van der Waals surface area contributed by atoms with Gasteiger partial charge in [-0.05, 0) is 19.8 Å². The van der Waals surface area contributed by atoms with Gasteiger partial charge in [0.1, 0.15) is 10.0 Å². The molecule has 0 unspecified atom stereocenters. The van der Waals surface area contributed by atoms with Crippen LogP contribution < -0.4 is 5.32 Å². The van der Waals surface area contributed by atoms with Crippen LogP contribution in [0, 0.1) is 6.92 Å². The Morgan fingerprint density at radius 3 is 2.79 bits per heavy atom. The number of rotatable bonds is 5. The maximum absolute atomic E-state index is 12.2. The lowest BCUT2D eigenvalue weighted by molar-refractivity contribution is -0.115. The van der Waals surface area contributed by atoms with Crippen molar-refractivity contribution in [3.8, 4) is 10.6 Å². The molecule has 1 aliphatic carbocycles. The van der Waals surface area contributed by atoms with E-state index >= 15 is 0 Å². The van der Waals surface area contributed by atoms with Crippen LogP contribution in [0.2, 0.25) is 0 Å². The van der Waals surface area contributed by atoms with Crippen LogP contribution in [-0.2, 0) is 11.2 Å². The number of nitrogens with zero attached hydrogens (tertiary/aromatic N) is 3. The summed E-state index contributed by atoms with van der Waals surface area (Å²) in [6.45, 7) is 2.06. The van der Waals surface area contributed by atoms with E-state index in [0.29, 0.717) is 11.0 Å². The first-order chi connectivity index (χ1) is 11.7. The van der Waals surface area contributed by atoms with E-state index in [1.54, 1.807) is 11.3 Å². The molecule has 5 nitrogen and oxygen atoms in total. The van der Waals surface area contributed by atoms with Gasteiger partial charge in [-0.1, -0.05) is 41.2 Å². The van der Waals surface area contributed by atoms with E-state index in [2.05, 4.69) is 51.7 Å². The van der Waals surface area contributed by atoms with Crippen LogP contribution in [0.3, 0.4) is 0 Å². The minimum absolute atomic E-state index is 0.103. The minimum atomic E-state index is -0.103. The summed E-state index contributed by atoms with van der Waals surface area (Å²) in [4.78, 5) is 16.7. The minimum Gasteiger partial charge on any atom is -0.300 e. The summed E-state index contributed by atoms with van der Waals surface area (Å²) in [5.74, 6) is 0.456. The molecule has 0 spiro atoms. The fourth-order valence-electron chi connectivity index (χ4n) is 2.33. The van der Waals surface area contributed by atoms with Gasteiger partial charge in [-0.25, -0.2) is 4.98 Å². The molecule has 1 aromatic carbocycles. The molecule has 1 N–H and O–H groups in total. The number of anilines is 1. The van der Waals surface area contributed by atoms with Crippen LogP contribution in [0.25, 0.3) is 10.6 Å². The fourth-order valence-corrected chi connectivity index (χ4v) is 4.08. The van der Waals surface area contributed by atoms with Crippen molar-refractivity contribution in [2.75, 3.05) is 5.32 Å². The Bertz CT molecular complexity index is 865. The molecule has 1 amide bonds. The highest BCUT2D eigenvalue weighted by Gasteiger charge is 2.27. The molecule has 24 heavy (non-hydrogen) atoms. The maximum atomic E-state index is 12.2. The number of hydrogen-bond acceptors (Lipinski definition) is 6. The van der Waals surface area contributed by atoms with E-state index in [4.69, 9.17) is 0 Å². The lowest BCUT2D eigenvalue weighted by Crippen LogP contribution is -2.14. The van der Waals surface area contributed by atoms with E-state index in [1.807, 2.05) is 5.38 Å². The summed E-state index contributed by atoms with van der Waals surface area (Å²) in [7, 11) is 0. The van der Waals surface area contributed by atoms with Crippen LogP contribution in [0.4, 0.5) is 5.13 Å².